The van der Waals surface area contributed by atoms with Gasteiger partial charge < -0.3 is 10.5 Å². The summed E-state index contributed by atoms with van der Waals surface area (Å²) in [7, 11) is 1.67. The molecular formula is C16H18BrNO. The number of halogens is 1. The lowest BCUT2D eigenvalue weighted by molar-refractivity contribution is 0.402. The van der Waals surface area contributed by atoms with Crippen molar-refractivity contribution in [3.05, 3.63) is 64.1 Å². The van der Waals surface area contributed by atoms with Gasteiger partial charge in [-0.3, -0.25) is 0 Å². The minimum Gasteiger partial charge on any atom is -0.496 e. The minimum atomic E-state index is -0.102. The summed E-state index contributed by atoms with van der Waals surface area (Å²) in [5, 5.41) is 0. The number of hydrogen-bond acceptors (Lipinski definition) is 2. The summed E-state index contributed by atoms with van der Waals surface area (Å²) in [6.45, 7) is 2.14. The lowest BCUT2D eigenvalue weighted by atomic mass is 9.89. The first-order chi connectivity index (χ1) is 9.13. The molecule has 0 aliphatic rings. The van der Waals surface area contributed by atoms with E-state index in [1.165, 1.54) is 5.56 Å². The van der Waals surface area contributed by atoms with E-state index in [9.17, 15) is 0 Å². The third kappa shape index (κ3) is 3.17. The highest BCUT2D eigenvalue weighted by Crippen LogP contribution is 2.35. The summed E-state index contributed by atoms with van der Waals surface area (Å²) in [5.41, 5.74) is 8.67. The largest absolute Gasteiger partial charge is 0.496 e. The number of nitrogens with two attached hydrogens (primary N) is 1. The molecule has 0 aliphatic carbocycles. The van der Waals surface area contributed by atoms with E-state index in [1.807, 2.05) is 36.4 Å². The first-order valence-electron chi connectivity index (χ1n) is 6.27. The van der Waals surface area contributed by atoms with Crippen LogP contribution < -0.4 is 10.5 Å². The van der Waals surface area contributed by atoms with Crippen LogP contribution in [0.3, 0.4) is 0 Å². The molecule has 2 unspecified atom stereocenters. The Hall–Kier alpha value is -1.32. The van der Waals surface area contributed by atoms with Gasteiger partial charge in [-0.05, 0) is 23.8 Å². The Labute approximate surface area is 122 Å². The molecule has 0 saturated carbocycles. The normalized spacial score (nSPS) is 13.9. The standard InChI is InChI=1S/C16H18BrNO/c1-11(12-6-4-3-5-7-12)16(18)14-10-13(17)8-9-15(14)19-2/h3-11,16H,18H2,1-2H3. The SMILES string of the molecule is COc1ccc(Br)cc1C(N)C(C)c1ccccc1. The zero-order valence-electron chi connectivity index (χ0n) is 11.1. The lowest BCUT2D eigenvalue weighted by Crippen LogP contribution is -2.18. The van der Waals surface area contributed by atoms with Crippen LogP contribution in [0.2, 0.25) is 0 Å². The third-order valence-electron chi connectivity index (χ3n) is 3.41. The van der Waals surface area contributed by atoms with Crippen LogP contribution in [0.4, 0.5) is 0 Å². The molecular weight excluding hydrogens is 302 g/mol. The molecule has 0 bridgehead atoms. The molecule has 2 rings (SSSR count). The summed E-state index contributed by atoms with van der Waals surface area (Å²) in [6, 6.07) is 16.1. The van der Waals surface area contributed by atoms with Crippen LogP contribution in [0, 0.1) is 0 Å². The Morgan fingerprint density at radius 3 is 2.42 bits per heavy atom. The van der Waals surface area contributed by atoms with Crippen LogP contribution >= 0.6 is 15.9 Å². The predicted octanol–water partition coefficient (Wildman–Crippen LogP) is 4.26. The fourth-order valence-electron chi connectivity index (χ4n) is 2.20. The third-order valence-corrected chi connectivity index (χ3v) is 3.91. The summed E-state index contributed by atoms with van der Waals surface area (Å²) in [5.74, 6) is 1.06. The fraction of sp³-hybridized carbons (Fsp3) is 0.250. The Morgan fingerprint density at radius 2 is 1.79 bits per heavy atom. The zero-order valence-corrected chi connectivity index (χ0v) is 12.7. The zero-order chi connectivity index (χ0) is 13.8. The van der Waals surface area contributed by atoms with E-state index in [0.29, 0.717) is 0 Å². The van der Waals surface area contributed by atoms with Crippen molar-refractivity contribution in [2.24, 2.45) is 5.73 Å². The van der Waals surface area contributed by atoms with Crippen LogP contribution in [0.5, 0.6) is 5.75 Å². The molecule has 19 heavy (non-hydrogen) atoms. The summed E-state index contributed by atoms with van der Waals surface area (Å²) >= 11 is 3.49. The molecule has 100 valence electrons. The van der Waals surface area contributed by atoms with Gasteiger partial charge in [0, 0.05) is 22.0 Å². The van der Waals surface area contributed by atoms with E-state index < -0.39 is 0 Å². The van der Waals surface area contributed by atoms with Crippen molar-refractivity contribution in [1.29, 1.82) is 0 Å². The average Bonchev–Trinajstić information content (AvgIpc) is 2.46. The molecule has 0 aliphatic heterocycles. The topological polar surface area (TPSA) is 35.2 Å². The van der Waals surface area contributed by atoms with Gasteiger partial charge in [0.05, 0.1) is 7.11 Å². The van der Waals surface area contributed by atoms with Gasteiger partial charge in [-0.25, -0.2) is 0 Å². The molecule has 0 amide bonds. The van der Waals surface area contributed by atoms with Gasteiger partial charge in [0.2, 0.25) is 0 Å². The summed E-state index contributed by atoms with van der Waals surface area (Å²) in [4.78, 5) is 0. The quantitative estimate of drug-likeness (QED) is 0.913. The molecule has 2 atom stereocenters. The second-order valence-electron chi connectivity index (χ2n) is 4.61. The second kappa shape index (κ2) is 6.22. The monoisotopic (exact) mass is 319 g/mol. The van der Waals surface area contributed by atoms with Gasteiger partial charge in [0.25, 0.3) is 0 Å². The molecule has 2 nitrogen and oxygen atoms in total. The van der Waals surface area contributed by atoms with Crippen molar-refractivity contribution < 1.29 is 4.74 Å². The van der Waals surface area contributed by atoms with E-state index in [0.717, 1.165) is 15.8 Å². The Kier molecular flexibility index (Phi) is 4.61. The minimum absolute atomic E-state index is 0.102. The van der Waals surface area contributed by atoms with Crippen LogP contribution in [0.25, 0.3) is 0 Å². The van der Waals surface area contributed by atoms with Gasteiger partial charge >= 0.3 is 0 Å². The fourth-order valence-corrected chi connectivity index (χ4v) is 2.58. The van der Waals surface area contributed by atoms with E-state index >= 15 is 0 Å². The second-order valence-corrected chi connectivity index (χ2v) is 5.53. The van der Waals surface area contributed by atoms with E-state index in [1.54, 1.807) is 7.11 Å². The number of ether oxygens (including phenoxy) is 1. The molecule has 0 spiro atoms. The number of rotatable bonds is 4. The molecule has 0 radical (unpaired) electrons. The van der Waals surface area contributed by atoms with E-state index in [4.69, 9.17) is 10.5 Å². The van der Waals surface area contributed by atoms with Crippen LogP contribution in [0.1, 0.15) is 30.0 Å². The molecule has 0 heterocycles. The molecule has 2 aromatic carbocycles. The predicted molar refractivity (Wildman–Crippen MR) is 82.5 cm³/mol. The number of methoxy groups -OCH3 is 1. The Morgan fingerprint density at radius 1 is 1.11 bits per heavy atom. The van der Waals surface area contributed by atoms with E-state index in [-0.39, 0.29) is 12.0 Å². The smallest absolute Gasteiger partial charge is 0.123 e. The van der Waals surface area contributed by atoms with Crippen LogP contribution in [-0.2, 0) is 0 Å². The highest BCUT2D eigenvalue weighted by molar-refractivity contribution is 9.10. The van der Waals surface area contributed by atoms with Crippen molar-refractivity contribution in [3.8, 4) is 5.75 Å². The van der Waals surface area contributed by atoms with Gasteiger partial charge in [0.15, 0.2) is 0 Å². The maximum absolute atomic E-state index is 6.41. The first kappa shape index (κ1) is 14.1. The molecule has 0 fully saturated rings. The summed E-state index contributed by atoms with van der Waals surface area (Å²) < 4.78 is 6.42. The van der Waals surface area contributed by atoms with Crippen LogP contribution in [-0.4, -0.2) is 7.11 Å². The van der Waals surface area contributed by atoms with Gasteiger partial charge in [-0.1, -0.05) is 53.2 Å². The van der Waals surface area contributed by atoms with Gasteiger partial charge in [0.1, 0.15) is 5.75 Å². The van der Waals surface area contributed by atoms with Crippen molar-refractivity contribution in [3.63, 3.8) is 0 Å². The molecule has 0 aromatic heterocycles. The maximum atomic E-state index is 6.41. The molecule has 2 aromatic rings. The average molecular weight is 320 g/mol. The Balaban J connectivity index is 2.33. The molecule has 0 saturated heterocycles. The lowest BCUT2D eigenvalue weighted by Gasteiger charge is -2.23. The summed E-state index contributed by atoms with van der Waals surface area (Å²) in [6.07, 6.45) is 0. The first-order valence-corrected chi connectivity index (χ1v) is 7.06. The molecule has 3 heteroatoms. The highest BCUT2D eigenvalue weighted by Gasteiger charge is 2.20. The van der Waals surface area contributed by atoms with E-state index in [2.05, 4.69) is 35.0 Å². The number of hydrogen-bond donors (Lipinski definition) is 1. The van der Waals surface area contributed by atoms with Gasteiger partial charge in [-0.15, -0.1) is 0 Å². The van der Waals surface area contributed by atoms with Crippen molar-refractivity contribution in [2.75, 3.05) is 7.11 Å². The maximum Gasteiger partial charge on any atom is 0.123 e. The highest BCUT2D eigenvalue weighted by atomic mass is 79.9. The molecule has 2 N–H and O–H groups in total. The Bertz CT molecular complexity index is 542. The van der Waals surface area contributed by atoms with Gasteiger partial charge in [-0.2, -0.15) is 0 Å². The van der Waals surface area contributed by atoms with Crippen molar-refractivity contribution in [2.45, 2.75) is 18.9 Å². The van der Waals surface area contributed by atoms with Crippen molar-refractivity contribution in [1.82, 2.24) is 0 Å². The van der Waals surface area contributed by atoms with Crippen LogP contribution in [0.15, 0.2) is 53.0 Å². The van der Waals surface area contributed by atoms with Crippen molar-refractivity contribution >= 4 is 15.9 Å². The number of benzene rings is 2.